The largest absolute Gasteiger partial charge is 0.370 e. The van der Waals surface area contributed by atoms with Gasteiger partial charge in [-0.3, -0.25) is 19.2 Å². The van der Waals surface area contributed by atoms with E-state index >= 15 is 0 Å². The normalized spacial score (nSPS) is 11.7. The highest BCUT2D eigenvalue weighted by atomic mass is 16.2. The minimum atomic E-state index is -1.03. The fraction of sp³-hybridized carbons (Fsp3) is 0.538. The van der Waals surface area contributed by atoms with Gasteiger partial charge in [0.05, 0.1) is 12.8 Å². The summed E-state index contributed by atoms with van der Waals surface area (Å²) >= 11 is 0. The van der Waals surface area contributed by atoms with Crippen LogP contribution < -0.4 is 32.7 Å². The molecule has 1 aromatic heterocycles. The molecule has 0 saturated heterocycles. The fourth-order valence-electron chi connectivity index (χ4n) is 3.91. The van der Waals surface area contributed by atoms with Crippen molar-refractivity contribution in [2.24, 2.45) is 11.5 Å². The molecule has 0 unspecified atom stereocenters. The van der Waals surface area contributed by atoms with Crippen molar-refractivity contribution in [3.05, 3.63) is 36.0 Å². The molecule has 0 bridgehead atoms. The van der Waals surface area contributed by atoms with Crippen molar-refractivity contribution in [1.29, 1.82) is 0 Å². The average molecular weight is 516 g/mol. The minimum absolute atomic E-state index is 0.0114. The molecule has 0 aliphatic carbocycles. The first-order valence-corrected chi connectivity index (χ1v) is 13.0. The van der Waals surface area contributed by atoms with Crippen molar-refractivity contribution in [3.8, 4) is 0 Å². The summed E-state index contributed by atoms with van der Waals surface area (Å²) in [6.07, 6.45) is 6.28. The molecule has 1 heterocycles. The Kier molecular flexibility index (Phi) is 13.8. The van der Waals surface area contributed by atoms with Crippen LogP contribution in [-0.4, -0.2) is 67.4 Å². The Morgan fingerprint density at radius 1 is 0.865 bits per heavy atom. The Bertz CT molecular complexity index is 1010. The lowest BCUT2D eigenvalue weighted by Gasteiger charge is -2.17. The van der Waals surface area contributed by atoms with Crippen molar-refractivity contribution in [3.63, 3.8) is 0 Å². The number of aromatic nitrogens is 1. The van der Waals surface area contributed by atoms with Gasteiger partial charge < -0.3 is 37.7 Å². The maximum absolute atomic E-state index is 12.6. The van der Waals surface area contributed by atoms with Gasteiger partial charge in [0.15, 0.2) is 0 Å². The quantitative estimate of drug-likeness (QED) is 0.131. The van der Waals surface area contributed by atoms with E-state index in [2.05, 4.69) is 26.3 Å². The van der Waals surface area contributed by atoms with Crippen LogP contribution in [0.2, 0.25) is 0 Å². The molecular weight excluding hydrogens is 474 g/mol. The van der Waals surface area contributed by atoms with Crippen LogP contribution in [0.15, 0.2) is 30.5 Å². The third-order valence-electron chi connectivity index (χ3n) is 5.89. The lowest BCUT2D eigenvalue weighted by molar-refractivity contribution is -0.131. The molecule has 0 radical (unpaired) electrons. The average Bonchev–Trinajstić information content (AvgIpc) is 3.27. The van der Waals surface area contributed by atoms with Crippen molar-refractivity contribution >= 4 is 34.5 Å². The SMILES string of the molecule is NCCCCNCCC(=O)NCCCCCNC(=O)[C@H](CC(N)=O)NC(=O)Cc1c[nH]c2ccccc12. The number of nitrogens with one attached hydrogen (secondary N) is 5. The predicted octanol–water partition coefficient (Wildman–Crippen LogP) is 0.192. The summed E-state index contributed by atoms with van der Waals surface area (Å²) in [5.74, 6) is -1.47. The highest BCUT2D eigenvalue weighted by Crippen LogP contribution is 2.18. The van der Waals surface area contributed by atoms with Crippen LogP contribution in [0, 0.1) is 0 Å². The topological polar surface area (TPSA) is 184 Å². The number of aromatic amines is 1. The third kappa shape index (κ3) is 11.9. The van der Waals surface area contributed by atoms with Gasteiger partial charge in [-0.25, -0.2) is 0 Å². The standard InChI is InChI=1S/C26H41N7O4/c27-11-4-7-12-29-15-10-24(35)30-13-5-1-6-14-31-26(37)22(17-23(28)34)33-25(36)16-19-18-32-21-9-3-2-8-20(19)21/h2-3,8-9,18,22,29,32H,1,4-7,10-17,27H2,(H2,28,34)(H,30,35)(H,31,37)(H,33,36)/t22-/m0/s1. The second-order valence-electron chi connectivity index (χ2n) is 9.02. The Morgan fingerprint density at radius 2 is 1.59 bits per heavy atom. The van der Waals surface area contributed by atoms with E-state index in [9.17, 15) is 19.2 Å². The summed E-state index contributed by atoms with van der Waals surface area (Å²) < 4.78 is 0. The van der Waals surface area contributed by atoms with Crippen molar-refractivity contribution in [2.75, 3.05) is 32.7 Å². The van der Waals surface area contributed by atoms with E-state index in [1.165, 1.54) is 0 Å². The zero-order chi connectivity index (χ0) is 26.9. The minimum Gasteiger partial charge on any atom is -0.370 e. The first-order chi connectivity index (χ1) is 17.9. The molecule has 4 amide bonds. The number of benzene rings is 1. The van der Waals surface area contributed by atoms with E-state index in [1.54, 1.807) is 6.20 Å². The zero-order valence-corrected chi connectivity index (χ0v) is 21.4. The fourth-order valence-corrected chi connectivity index (χ4v) is 3.91. The molecule has 11 heteroatoms. The highest BCUT2D eigenvalue weighted by Gasteiger charge is 2.23. The Hall–Kier alpha value is -3.44. The summed E-state index contributed by atoms with van der Waals surface area (Å²) in [5, 5.41) is 12.4. The molecule has 204 valence electrons. The number of hydrogen-bond acceptors (Lipinski definition) is 6. The first kappa shape index (κ1) is 29.8. The molecule has 37 heavy (non-hydrogen) atoms. The number of nitrogens with two attached hydrogens (primary N) is 2. The smallest absolute Gasteiger partial charge is 0.243 e. The van der Waals surface area contributed by atoms with Gasteiger partial charge in [0.2, 0.25) is 23.6 Å². The van der Waals surface area contributed by atoms with Gasteiger partial charge in [-0.15, -0.1) is 0 Å². The molecule has 11 nitrogen and oxygen atoms in total. The highest BCUT2D eigenvalue weighted by molar-refractivity contribution is 5.94. The van der Waals surface area contributed by atoms with Gasteiger partial charge in [0, 0.05) is 43.2 Å². The summed E-state index contributed by atoms with van der Waals surface area (Å²) in [5.41, 5.74) is 12.5. The number of amides is 4. The van der Waals surface area contributed by atoms with Crippen LogP contribution in [-0.2, 0) is 25.6 Å². The van der Waals surface area contributed by atoms with Gasteiger partial charge in [-0.2, -0.15) is 0 Å². The summed E-state index contributed by atoms with van der Waals surface area (Å²) in [4.78, 5) is 51.6. The number of carbonyl (C=O) groups is 4. The molecule has 0 aliphatic rings. The van der Waals surface area contributed by atoms with E-state index in [1.807, 2.05) is 24.3 Å². The molecule has 0 saturated carbocycles. The van der Waals surface area contributed by atoms with Crippen molar-refractivity contribution < 1.29 is 19.2 Å². The summed E-state index contributed by atoms with van der Waals surface area (Å²) in [6.45, 7) is 3.17. The van der Waals surface area contributed by atoms with E-state index < -0.39 is 17.9 Å². The van der Waals surface area contributed by atoms with Gasteiger partial charge in [-0.1, -0.05) is 18.2 Å². The molecule has 1 aromatic carbocycles. The second-order valence-corrected chi connectivity index (χ2v) is 9.02. The molecular formula is C26H41N7O4. The number of primary amides is 1. The van der Waals surface area contributed by atoms with Crippen LogP contribution in [0.25, 0.3) is 10.9 Å². The maximum Gasteiger partial charge on any atom is 0.243 e. The van der Waals surface area contributed by atoms with E-state index in [4.69, 9.17) is 11.5 Å². The van der Waals surface area contributed by atoms with Gasteiger partial charge in [0.1, 0.15) is 6.04 Å². The predicted molar refractivity (Wildman–Crippen MR) is 143 cm³/mol. The molecule has 1 atom stereocenters. The Balaban J connectivity index is 1.62. The Labute approximate surface area is 217 Å². The number of hydrogen-bond donors (Lipinski definition) is 7. The molecule has 0 aliphatic heterocycles. The van der Waals surface area contributed by atoms with Crippen LogP contribution in [0.1, 0.15) is 50.5 Å². The third-order valence-corrected chi connectivity index (χ3v) is 5.89. The van der Waals surface area contributed by atoms with Crippen LogP contribution >= 0.6 is 0 Å². The molecule has 0 fully saturated rings. The van der Waals surface area contributed by atoms with Gasteiger partial charge in [0.25, 0.3) is 0 Å². The number of H-pyrrole nitrogens is 1. The maximum atomic E-state index is 12.6. The molecule has 2 rings (SSSR count). The van der Waals surface area contributed by atoms with E-state index in [-0.39, 0.29) is 24.7 Å². The number of rotatable bonds is 19. The number of fused-ring (bicyclic) bond motifs is 1. The lowest BCUT2D eigenvalue weighted by Crippen LogP contribution is -2.49. The van der Waals surface area contributed by atoms with Crippen molar-refractivity contribution in [1.82, 2.24) is 26.3 Å². The molecule has 9 N–H and O–H groups in total. The van der Waals surface area contributed by atoms with Crippen molar-refractivity contribution in [2.45, 2.75) is 57.4 Å². The van der Waals surface area contributed by atoms with E-state index in [0.717, 1.165) is 48.7 Å². The number of carbonyl (C=O) groups excluding carboxylic acids is 4. The first-order valence-electron chi connectivity index (χ1n) is 13.0. The molecule has 0 spiro atoms. The summed E-state index contributed by atoms with van der Waals surface area (Å²) in [7, 11) is 0. The van der Waals surface area contributed by atoms with Crippen LogP contribution in [0.4, 0.5) is 0 Å². The second kappa shape index (κ2) is 17.1. The van der Waals surface area contributed by atoms with E-state index in [0.29, 0.717) is 39.0 Å². The van der Waals surface area contributed by atoms with Gasteiger partial charge >= 0.3 is 0 Å². The number of unbranched alkanes of at least 4 members (excludes halogenated alkanes) is 3. The monoisotopic (exact) mass is 515 g/mol. The lowest BCUT2D eigenvalue weighted by atomic mass is 10.1. The number of para-hydroxylation sites is 1. The van der Waals surface area contributed by atoms with Crippen LogP contribution in [0.5, 0.6) is 0 Å². The zero-order valence-electron chi connectivity index (χ0n) is 21.4. The Morgan fingerprint density at radius 3 is 2.35 bits per heavy atom. The molecule has 2 aromatic rings. The van der Waals surface area contributed by atoms with Gasteiger partial charge in [-0.05, 0) is 56.8 Å². The summed E-state index contributed by atoms with van der Waals surface area (Å²) in [6, 6.07) is 6.59. The van der Waals surface area contributed by atoms with Crippen LogP contribution in [0.3, 0.4) is 0 Å².